The Morgan fingerprint density at radius 1 is 1.00 bits per heavy atom. The third-order valence-electron chi connectivity index (χ3n) is 4.40. The molecule has 0 saturated carbocycles. The highest BCUT2D eigenvalue weighted by atomic mass is 16.5. The Morgan fingerprint density at radius 3 is 2.61 bits per heavy atom. The SMILES string of the molecule is C#Cc1cccc(Nc2ncnc3cc(OCCOC)c(OCCOCC#CCO)cc23)c1. The highest BCUT2D eigenvalue weighted by molar-refractivity contribution is 5.93. The van der Waals surface area contributed by atoms with Gasteiger partial charge >= 0.3 is 0 Å². The van der Waals surface area contributed by atoms with Crippen LogP contribution in [0.3, 0.4) is 0 Å². The molecule has 0 aliphatic carbocycles. The fourth-order valence-corrected chi connectivity index (χ4v) is 2.89. The van der Waals surface area contributed by atoms with Crippen LogP contribution in [0.25, 0.3) is 10.9 Å². The van der Waals surface area contributed by atoms with Gasteiger partial charge < -0.3 is 29.4 Å². The maximum absolute atomic E-state index is 8.66. The minimum absolute atomic E-state index is 0.190. The second-order valence-corrected chi connectivity index (χ2v) is 6.64. The monoisotopic (exact) mass is 447 g/mol. The van der Waals surface area contributed by atoms with E-state index in [1.807, 2.05) is 30.3 Å². The van der Waals surface area contributed by atoms with Crippen LogP contribution >= 0.6 is 0 Å². The van der Waals surface area contributed by atoms with E-state index in [-0.39, 0.29) is 19.8 Å². The van der Waals surface area contributed by atoms with Crippen LogP contribution < -0.4 is 14.8 Å². The number of nitrogens with one attached hydrogen (secondary N) is 1. The Kier molecular flexibility index (Phi) is 9.31. The van der Waals surface area contributed by atoms with Crippen molar-refractivity contribution >= 4 is 22.4 Å². The maximum atomic E-state index is 8.66. The van der Waals surface area contributed by atoms with Gasteiger partial charge in [0, 0.05) is 29.8 Å². The lowest BCUT2D eigenvalue weighted by atomic mass is 10.2. The number of methoxy groups -OCH3 is 1. The molecule has 2 N–H and O–H groups in total. The van der Waals surface area contributed by atoms with Crippen LogP contribution in [0.2, 0.25) is 0 Å². The molecular formula is C25H25N3O5. The Morgan fingerprint density at radius 2 is 1.82 bits per heavy atom. The molecule has 170 valence electrons. The lowest BCUT2D eigenvalue weighted by Gasteiger charge is -2.15. The molecule has 1 heterocycles. The number of fused-ring (bicyclic) bond motifs is 1. The average Bonchev–Trinajstić information content (AvgIpc) is 2.84. The zero-order valence-corrected chi connectivity index (χ0v) is 18.3. The van der Waals surface area contributed by atoms with E-state index in [0.29, 0.717) is 42.7 Å². The van der Waals surface area contributed by atoms with Gasteiger partial charge in [0.25, 0.3) is 0 Å². The summed E-state index contributed by atoms with van der Waals surface area (Å²) < 4.78 is 22.2. The van der Waals surface area contributed by atoms with Crippen molar-refractivity contribution in [2.24, 2.45) is 0 Å². The number of terminal acetylenes is 1. The summed E-state index contributed by atoms with van der Waals surface area (Å²) in [4.78, 5) is 8.77. The molecule has 1 aromatic heterocycles. The number of nitrogens with zero attached hydrogens (tertiary/aromatic N) is 2. The lowest BCUT2D eigenvalue weighted by Crippen LogP contribution is -2.10. The fourth-order valence-electron chi connectivity index (χ4n) is 2.89. The summed E-state index contributed by atoms with van der Waals surface area (Å²) in [7, 11) is 1.61. The first-order valence-electron chi connectivity index (χ1n) is 10.3. The summed E-state index contributed by atoms with van der Waals surface area (Å²) in [5.74, 6) is 9.51. The van der Waals surface area contributed by atoms with E-state index in [4.69, 9.17) is 30.5 Å². The van der Waals surface area contributed by atoms with Crippen LogP contribution in [-0.2, 0) is 9.47 Å². The third kappa shape index (κ3) is 7.09. The summed E-state index contributed by atoms with van der Waals surface area (Å²) in [5.41, 5.74) is 2.27. The van der Waals surface area contributed by atoms with E-state index in [0.717, 1.165) is 16.6 Å². The smallest absolute Gasteiger partial charge is 0.163 e. The van der Waals surface area contributed by atoms with Gasteiger partial charge in [-0.15, -0.1) is 6.42 Å². The standard InChI is InChI=1S/C25H25N3O5/c1-3-19-7-6-8-20(15-19)28-25-21-16-23(33-14-12-31-10-5-4-9-29)24(32-13-11-30-2)17-22(21)26-18-27-25/h1,6-8,15-18,29H,9-14H2,2H3,(H,26,27,28). The molecular weight excluding hydrogens is 422 g/mol. The molecule has 2 aromatic carbocycles. The van der Waals surface area contributed by atoms with Gasteiger partial charge in [-0.1, -0.05) is 23.8 Å². The zero-order chi connectivity index (χ0) is 23.3. The molecule has 0 saturated heterocycles. The first-order valence-corrected chi connectivity index (χ1v) is 10.3. The number of anilines is 2. The Balaban J connectivity index is 1.83. The number of aliphatic hydroxyl groups is 1. The topological polar surface area (TPSA) is 95.0 Å². The molecule has 3 rings (SSSR count). The summed E-state index contributed by atoms with van der Waals surface area (Å²) >= 11 is 0. The molecule has 0 spiro atoms. The van der Waals surface area contributed by atoms with Gasteiger partial charge in [0.2, 0.25) is 0 Å². The van der Waals surface area contributed by atoms with E-state index >= 15 is 0 Å². The number of hydrogen-bond donors (Lipinski definition) is 2. The van der Waals surface area contributed by atoms with E-state index in [9.17, 15) is 0 Å². The van der Waals surface area contributed by atoms with Gasteiger partial charge in [-0.3, -0.25) is 0 Å². The van der Waals surface area contributed by atoms with Crippen LogP contribution in [0.15, 0.2) is 42.7 Å². The van der Waals surface area contributed by atoms with Gasteiger partial charge in [0.05, 0.1) is 18.7 Å². The van der Waals surface area contributed by atoms with E-state index < -0.39 is 0 Å². The second-order valence-electron chi connectivity index (χ2n) is 6.64. The summed E-state index contributed by atoms with van der Waals surface area (Å²) in [6, 6.07) is 11.1. The van der Waals surface area contributed by atoms with Crippen LogP contribution in [0.5, 0.6) is 11.5 Å². The van der Waals surface area contributed by atoms with Gasteiger partial charge in [0.15, 0.2) is 11.5 Å². The number of aromatic nitrogens is 2. The highest BCUT2D eigenvalue weighted by Gasteiger charge is 2.13. The van der Waals surface area contributed by atoms with Gasteiger partial charge in [-0.25, -0.2) is 9.97 Å². The Labute approximate surface area is 192 Å². The summed E-state index contributed by atoms with van der Waals surface area (Å²) in [6.07, 6.45) is 6.99. The van der Waals surface area contributed by atoms with Gasteiger partial charge in [0.1, 0.15) is 38.6 Å². The number of ether oxygens (including phenoxy) is 4. The van der Waals surface area contributed by atoms with Crippen molar-refractivity contribution in [3.63, 3.8) is 0 Å². The molecule has 0 amide bonds. The van der Waals surface area contributed by atoms with E-state index in [1.54, 1.807) is 13.2 Å². The number of benzene rings is 2. The summed E-state index contributed by atoms with van der Waals surface area (Å²) in [5, 5.41) is 12.7. The first-order chi connectivity index (χ1) is 16.2. The predicted molar refractivity (Wildman–Crippen MR) is 126 cm³/mol. The van der Waals surface area contributed by atoms with Crippen LogP contribution in [0.4, 0.5) is 11.5 Å². The van der Waals surface area contributed by atoms with Crippen molar-refractivity contribution in [2.45, 2.75) is 0 Å². The highest BCUT2D eigenvalue weighted by Crippen LogP contribution is 2.35. The molecule has 0 aliphatic heterocycles. The molecule has 8 heteroatoms. The third-order valence-corrected chi connectivity index (χ3v) is 4.40. The van der Waals surface area contributed by atoms with Crippen molar-refractivity contribution in [2.75, 3.05) is 52.1 Å². The molecule has 0 atom stereocenters. The van der Waals surface area contributed by atoms with Crippen LogP contribution in [-0.4, -0.2) is 61.8 Å². The molecule has 3 aromatic rings. The largest absolute Gasteiger partial charge is 0.487 e. The Bertz CT molecular complexity index is 1160. The Hall–Kier alpha value is -3.82. The second kappa shape index (κ2) is 12.9. The van der Waals surface area contributed by atoms with Crippen molar-refractivity contribution in [3.8, 4) is 35.7 Å². The van der Waals surface area contributed by atoms with Gasteiger partial charge in [-0.05, 0) is 24.3 Å². The van der Waals surface area contributed by atoms with Crippen molar-refractivity contribution in [1.29, 1.82) is 0 Å². The van der Waals surface area contributed by atoms with Crippen LogP contribution in [0, 0.1) is 24.2 Å². The minimum atomic E-state index is -0.190. The number of rotatable bonds is 11. The molecule has 0 radical (unpaired) electrons. The van der Waals surface area contributed by atoms with Crippen LogP contribution in [0.1, 0.15) is 5.56 Å². The van der Waals surface area contributed by atoms with Gasteiger partial charge in [-0.2, -0.15) is 0 Å². The quantitative estimate of drug-likeness (QED) is 0.342. The predicted octanol–water partition coefficient (Wildman–Crippen LogP) is 2.77. The number of aliphatic hydroxyl groups excluding tert-OH is 1. The number of hydrogen-bond acceptors (Lipinski definition) is 8. The van der Waals surface area contributed by atoms with E-state index in [2.05, 4.69) is 33.0 Å². The molecule has 33 heavy (non-hydrogen) atoms. The fraction of sp³-hybridized carbons (Fsp3) is 0.280. The minimum Gasteiger partial charge on any atom is -0.487 e. The van der Waals surface area contributed by atoms with E-state index in [1.165, 1.54) is 6.33 Å². The normalized spacial score (nSPS) is 10.2. The zero-order valence-electron chi connectivity index (χ0n) is 18.3. The molecule has 0 bridgehead atoms. The molecule has 0 unspecified atom stereocenters. The average molecular weight is 447 g/mol. The molecule has 8 nitrogen and oxygen atoms in total. The van der Waals surface area contributed by atoms with Crippen molar-refractivity contribution in [1.82, 2.24) is 9.97 Å². The summed E-state index contributed by atoms with van der Waals surface area (Å²) in [6.45, 7) is 1.44. The first kappa shape index (κ1) is 23.8. The van der Waals surface area contributed by atoms with Crippen molar-refractivity contribution in [3.05, 3.63) is 48.3 Å². The van der Waals surface area contributed by atoms with Crippen molar-refractivity contribution < 1.29 is 24.1 Å². The molecule has 0 aliphatic rings. The molecule has 0 fully saturated rings. The lowest BCUT2D eigenvalue weighted by molar-refractivity contribution is 0.118. The maximum Gasteiger partial charge on any atom is 0.163 e.